The molecule has 0 saturated heterocycles. The molecular formula is C31H23N3. The molecule has 0 aliphatic carbocycles. The van der Waals surface area contributed by atoms with Crippen LogP contribution in [0.25, 0.3) is 55.2 Å². The molecule has 34 heavy (non-hydrogen) atoms. The van der Waals surface area contributed by atoms with E-state index in [1.54, 1.807) is 0 Å². The summed E-state index contributed by atoms with van der Waals surface area (Å²) in [6, 6.07) is 39.5. The smallest absolute Gasteiger partial charge is 0.0715 e. The third-order valence-corrected chi connectivity index (χ3v) is 6.30. The lowest BCUT2D eigenvalue weighted by molar-refractivity contribution is 1.32. The summed E-state index contributed by atoms with van der Waals surface area (Å²) in [4.78, 5) is 5.04. The second kappa shape index (κ2) is 8.05. The van der Waals surface area contributed by atoms with Crippen LogP contribution in [0.1, 0.15) is 0 Å². The monoisotopic (exact) mass is 437 g/mol. The Bertz CT molecular complexity index is 1530. The summed E-state index contributed by atoms with van der Waals surface area (Å²) in [6.07, 6.45) is 0. The van der Waals surface area contributed by atoms with Crippen LogP contribution in [0.3, 0.4) is 0 Å². The zero-order valence-corrected chi connectivity index (χ0v) is 18.6. The van der Waals surface area contributed by atoms with Crippen LogP contribution in [-0.4, -0.2) is 4.98 Å². The van der Waals surface area contributed by atoms with Crippen molar-refractivity contribution in [2.75, 3.05) is 11.5 Å². The number of anilines is 2. The SMILES string of the molecule is Nc1ccc(-c2cc(-c3c4ccccc4cc4ccccc34)cc(-c3ccc(N)cc3)n2)cc1. The first-order chi connectivity index (χ1) is 16.7. The van der Waals surface area contributed by atoms with E-state index < -0.39 is 0 Å². The zero-order chi connectivity index (χ0) is 23.1. The van der Waals surface area contributed by atoms with Crippen molar-refractivity contribution >= 4 is 32.9 Å². The molecule has 0 spiro atoms. The first kappa shape index (κ1) is 20.0. The number of hydrogen-bond donors (Lipinski definition) is 2. The fourth-order valence-electron chi connectivity index (χ4n) is 4.60. The van der Waals surface area contributed by atoms with Gasteiger partial charge in [0.2, 0.25) is 0 Å². The molecule has 0 aliphatic rings. The molecule has 0 amide bonds. The summed E-state index contributed by atoms with van der Waals surface area (Å²) in [5.74, 6) is 0. The van der Waals surface area contributed by atoms with Gasteiger partial charge in [0.15, 0.2) is 0 Å². The van der Waals surface area contributed by atoms with Gasteiger partial charge in [-0.3, -0.25) is 0 Å². The lowest BCUT2D eigenvalue weighted by atomic mass is 9.91. The van der Waals surface area contributed by atoms with Gasteiger partial charge in [-0.05, 0) is 75.1 Å². The molecule has 0 bridgehead atoms. The molecule has 0 radical (unpaired) electrons. The van der Waals surface area contributed by atoms with E-state index in [9.17, 15) is 0 Å². The van der Waals surface area contributed by atoms with Gasteiger partial charge in [0.1, 0.15) is 0 Å². The summed E-state index contributed by atoms with van der Waals surface area (Å²) >= 11 is 0. The normalized spacial score (nSPS) is 11.2. The number of nitrogens with zero attached hydrogens (tertiary/aromatic N) is 1. The predicted molar refractivity (Wildman–Crippen MR) is 144 cm³/mol. The van der Waals surface area contributed by atoms with Gasteiger partial charge in [-0.2, -0.15) is 0 Å². The highest BCUT2D eigenvalue weighted by Gasteiger charge is 2.14. The minimum atomic E-state index is 0.735. The average molecular weight is 438 g/mol. The van der Waals surface area contributed by atoms with Gasteiger partial charge in [-0.1, -0.05) is 72.8 Å². The van der Waals surface area contributed by atoms with Crippen LogP contribution in [0.5, 0.6) is 0 Å². The van der Waals surface area contributed by atoms with Crippen molar-refractivity contribution in [3.05, 3.63) is 115 Å². The highest BCUT2D eigenvalue weighted by Crippen LogP contribution is 2.39. The van der Waals surface area contributed by atoms with Crippen molar-refractivity contribution in [1.82, 2.24) is 4.98 Å². The van der Waals surface area contributed by atoms with E-state index in [4.69, 9.17) is 16.5 Å². The molecule has 6 aromatic rings. The third kappa shape index (κ3) is 3.54. The molecule has 3 heteroatoms. The summed E-state index contributed by atoms with van der Waals surface area (Å²) in [6.45, 7) is 0. The number of benzene rings is 5. The van der Waals surface area contributed by atoms with Crippen LogP contribution in [0.4, 0.5) is 11.4 Å². The van der Waals surface area contributed by atoms with Crippen LogP contribution in [0.15, 0.2) is 115 Å². The topological polar surface area (TPSA) is 64.9 Å². The molecule has 0 fully saturated rings. The van der Waals surface area contributed by atoms with E-state index in [1.807, 2.05) is 48.5 Å². The Morgan fingerprint density at radius 3 is 1.35 bits per heavy atom. The average Bonchev–Trinajstić information content (AvgIpc) is 2.88. The van der Waals surface area contributed by atoms with Crippen molar-refractivity contribution in [3.63, 3.8) is 0 Å². The fraction of sp³-hybridized carbons (Fsp3) is 0. The van der Waals surface area contributed by atoms with Gasteiger partial charge >= 0.3 is 0 Å². The van der Waals surface area contributed by atoms with Crippen LogP contribution >= 0.6 is 0 Å². The van der Waals surface area contributed by atoms with Crippen molar-refractivity contribution in [3.8, 4) is 33.6 Å². The molecule has 0 saturated carbocycles. The Balaban J connectivity index is 1.69. The van der Waals surface area contributed by atoms with Crippen LogP contribution in [0.2, 0.25) is 0 Å². The van der Waals surface area contributed by atoms with Crippen LogP contribution < -0.4 is 11.5 Å². The Kier molecular flexibility index (Phi) is 4.74. The summed E-state index contributed by atoms with van der Waals surface area (Å²) < 4.78 is 0. The first-order valence-electron chi connectivity index (χ1n) is 11.3. The number of hydrogen-bond acceptors (Lipinski definition) is 3. The second-order valence-electron chi connectivity index (χ2n) is 8.56. The third-order valence-electron chi connectivity index (χ3n) is 6.30. The van der Waals surface area contributed by atoms with Crippen molar-refractivity contribution in [2.24, 2.45) is 0 Å². The second-order valence-corrected chi connectivity index (χ2v) is 8.56. The predicted octanol–water partition coefficient (Wildman–Crippen LogP) is 7.55. The summed E-state index contributed by atoms with van der Waals surface area (Å²) in [5.41, 5.74) is 19.6. The Hall–Kier alpha value is -4.63. The molecule has 0 atom stereocenters. The molecule has 4 N–H and O–H groups in total. The van der Waals surface area contributed by atoms with Gasteiger partial charge in [0.05, 0.1) is 11.4 Å². The van der Waals surface area contributed by atoms with Gasteiger partial charge in [-0.15, -0.1) is 0 Å². The number of nitrogens with two attached hydrogens (primary N) is 2. The van der Waals surface area contributed by atoms with Crippen molar-refractivity contribution in [1.29, 1.82) is 0 Å². The number of nitrogen functional groups attached to an aromatic ring is 2. The van der Waals surface area contributed by atoms with E-state index in [0.717, 1.165) is 39.5 Å². The molecule has 1 aromatic heterocycles. The maximum atomic E-state index is 5.95. The van der Waals surface area contributed by atoms with Gasteiger partial charge < -0.3 is 11.5 Å². The van der Waals surface area contributed by atoms with E-state index in [0.29, 0.717) is 0 Å². The van der Waals surface area contributed by atoms with Crippen LogP contribution in [-0.2, 0) is 0 Å². The van der Waals surface area contributed by atoms with E-state index in [1.165, 1.54) is 27.1 Å². The van der Waals surface area contributed by atoms with Gasteiger partial charge in [0, 0.05) is 22.5 Å². The number of pyridine rings is 1. The fourth-order valence-corrected chi connectivity index (χ4v) is 4.60. The zero-order valence-electron chi connectivity index (χ0n) is 18.6. The Morgan fingerprint density at radius 2 is 0.882 bits per heavy atom. The lowest BCUT2D eigenvalue weighted by Crippen LogP contribution is -1.93. The number of fused-ring (bicyclic) bond motifs is 2. The molecular weight excluding hydrogens is 414 g/mol. The van der Waals surface area contributed by atoms with Crippen molar-refractivity contribution in [2.45, 2.75) is 0 Å². The highest BCUT2D eigenvalue weighted by molar-refractivity contribution is 6.13. The molecule has 0 aliphatic heterocycles. The standard InChI is InChI=1S/C31H23N3/c32-25-13-9-20(10-14-25)29-18-24(19-30(34-29)21-11-15-26(33)16-12-21)31-27-7-3-1-5-22(27)17-23-6-2-4-8-28(23)31/h1-19H,32-33H2. The minimum Gasteiger partial charge on any atom is -0.399 e. The molecule has 5 aromatic carbocycles. The number of aromatic nitrogens is 1. The van der Waals surface area contributed by atoms with E-state index in [2.05, 4.69) is 66.7 Å². The van der Waals surface area contributed by atoms with Gasteiger partial charge in [-0.25, -0.2) is 4.98 Å². The van der Waals surface area contributed by atoms with E-state index in [-0.39, 0.29) is 0 Å². The first-order valence-corrected chi connectivity index (χ1v) is 11.3. The molecule has 1 heterocycles. The Labute approximate surface area is 198 Å². The number of rotatable bonds is 3. The van der Waals surface area contributed by atoms with Crippen LogP contribution in [0, 0.1) is 0 Å². The van der Waals surface area contributed by atoms with Crippen molar-refractivity contribution < 1.29 is 0 Å². The molecule has 162 valence electrons. The van der Waals surface area contributed by atoms with E-state index >= 15 is 0 Å². The highest BCUT2D eigenvalue weighted by atomic mass is 14.7. The quantitative estimate of drug-likeness (QED) is 0.222. The summed E-state index contributed by atoms with van der Waals surface area (Å²) in [5, 5.41) is 4.88. The Morgan fingerprint density at radius 1 is 0.441 bits per heavy atom. The lowest BCUT2D eigenvalue weighted by Gasteiger charge is -2.15. The molecule has 0 unspecified atom stereocenters. The molecule has 3 nitrogen and oxygen atoms in total. The maximum Gasteiger partial charge on any atom is 0.0715 e. The maximum absolute atomic E-state index is 5.95. The van der Waals surface area contributed by atoms with Gasteiger partial charge in [0.25, 0.3) is 0 Å². The summed E-state index contributed by atoms with van der Waals surface area (Å²) in [7, 11) is 0. The largest absolute Gasteiger partial charge is 0.399 e. The minimum absolute atomic E-state index is 0.735. The molecule has 6 rings (SSSR count).